The van der Waals surface area contributed by atoms with Crippen LogP contribution in [0.25, 0.3) is 0 Å². The zero-order valence-corrected chi connectivity index (χ0v) is 11.9. The van der Waals surface area contributed by atoms with Crippen LogP contribution in [0.1, 0.15) is 18.4 Å². The summed E-state index contributed by atoms with van der Waals surface area (Å²) in [5.74, 6) is -0.0712. The number of carbonyl (C=O) groups excluding carboxylic acids is 1. The van der Waals surface area contributed by atoms with Gasteiger partial charge in [-0.25, -0.2) is 0 Å². The van der Waals surface area contributed by atoms with E-state index in [1.807, 2.05) is 24.3 Å². The third-order valence-electron chi connectivity index (χ3n) is 3.32. The number of ether oxygens (including phenoxy) is 1. The average Bonchev–Trinajstić information content (AvgIpc) is 2.68. The van der Waals surface area contributed by atoms with E-state index in [0.717, 1.165) is 22.0 Å². The van der Waals surface area contributed by atoms with Gasteiger partial charge in [-0.2, -0.15) is 0 Å². The molecule has 5 heteroatoms. The van der Waals surface area contributed by atoms with Crippen molar-refractivity contribution < 1.29 is 9.53 Å². The minimum absolute atomic E-state index is 0.0712. The molecule has 3 rings (SSSR count). The lowest BCUT2D eigenvalue weighted by atomic mass is 10.0. The zero-order valence-electron chi connectivity index (χ0n) is 9.78. The third-order valence-corrected chi connectivity index (χ3v) is 4.04. The molecule has 2 heterocycles. The average molecular weight is 356 g/mol. The van der Waals surface area contributed by atoms with Crippen molar-refractivity contribution >= 4 is 34.2 Å². The molecule has 2 aliphatic rings. The summed E-state index contributed by atoms with van der Waals surface area (Å²) in [7, 11) is 0. The maximum Gasteiger partial charge on any atom is 0.272 e. The molecule has 1 spiro atoms. The summed E-state index contributed by atoms with van der Waals surface area (Å²) in [5.41, 5.74) is 1.01. The van der Waals surface area contributed by atoms with Crippen LogP contribution >= 0.6 is 22.6 Å². The van der Waals surface area contributed by atoms with Gasteiger partial charge in [0.05, 0.1) is 13.2 Å². The predicted octanol–water partition coefficient (Wildman–Crippen LogP) is 1.72. The van der Waals surface area contributed by atoms with Gasteiger partial charge in [-0.15, -0.1) is 0 Å². The number of carbonyl (C=O) groups is 1. The summed E-state index contributed by atoms with van der Waals surface area (Å²) in [4.78, 5) is 16.7. The van der Waals surface area contributed by atoms with Crippen molar-refractivity contribution in [1.29, 1.82) is 0 Å². The second-order valence-electron chi connectivity index (χ2n) is 4.57. The fraction of sp³-hybridized carbons (Fsp3) is 0.385. The smallest absolute Gasteiger partial charge is 0.272 e. The number of hydrogen-bond acceptors (Lipinski definition) is 3. The Balaban J connectivity index is 1.93. The van der Waals surface area contributed by atoms with Crippen molar-refractivity contribution in [3.8, 4) is 0 Å². The molecular weight excluding hydrogens is 343 g/mol. The van der Waals surface area contributed by atoms with Crippen LogP contribution in [0.3, 0.4) is 0 Å². The fourth-order valence-corrected chi connectivity index (χ4v) is 2.67. The van der Waals surface area contributed by atoms with Crippen LogP contribution in [-0.4, -0.2) is 30.5 Å². The lowest BCUT2D eigenvalue weighted by molar-refractivity contribution is -0.116. The van der Waals surface area contributed by atoms with E-state index >= 15 is 0 Å². The number of nitrogens with zero attached hydrogens (tertiary/aromatic N) is 1. The van der Waals surface area contributed by atoms with Gasteiger partial charge in [0, 0.05) is 22.0 Å². The molecule has 0 atom stereocenters. The first-order valence-corrected chi connectivity index (χ1v) is 7.02. The Morgan fingerprint density at radius 3 is 2.56 bits per heavy atom. The third kappa shape index (κ3) is 2.16. The summed E-state index contributed by atoms with van der Waals surface area (Å²) < 4.78 is 6.48. The second kappa shape index (κ2) is 4.62. The van der Waals surface area contributed by atoms with Gasteiger partial charge in [-0.05, 0) is 34.7 Å². The molecule has 1 fully saturated rings. The van der Waals surface area contributed by atoms with E-state index < -0.39 is 5.66 Å². The Bertz CT molecular complexity index is 504. The molecule has 4 nitrogen and oxygen atoms in total. The van der Waals surface area contributed by atoms with E-state index in [9.17, 15) is 4.79 Å². The Kier molecular flexibility index (Phi) is 3.11. The number of hydrogen-bond donors (Lipinski definition) is 1. The molecule has 94 valence electrons. The molecule has 1 saturated heterocycles. The van der Waals surface area contributed by atoms with E-state index in [1.54, 1.807) is 0 Å². The van der Waals surface area contributed by atoms with Crippen LogP contribution in [0.15, 0.2) is 29.3 Å². The maximum atomic E-state index is 12.0. The van der Waals surface area contributed by atoms with Crippen LogP contribution in [0, 0.1) is 3.57 Å². The molecule has 1 N–H and O–H groups in total. The van der Waals surface area contributed by atoms with E-state index in [1.165, 1.54) is 0 Å². The van der Waals surface area contributed by atoms with Gasteiger partial charge in [-0.1, -0.05) is 12.1 Å². The van der Waals surface area contributed by atoms with E-state index in [4.69, 9.17) is 4.74 Å². The lowest BCUT2D eigenvalue weighted by Crippen LogP contribution is -2.46. The van der Waals surface area contributed by atoms with E-state index in [-0.39, 0.29) is 5.91 Å². The zero-order chi connectivity index (χ0) is 12.6. The molecule has 2 aliphatic heterocycles. The first-order chi connectivity index (χ1) is 8.69. The monoisotopic (exact) mass is 356 g/mol. The molecule has 0 saturated carbocycles. The van der Waals surface area contributed by atoms with Crippen LogP contribution in [-0.2, 0) is 9.53 Å². The highest BCUT2D eigenvalue weighted by molar-refractivity contribution is 14.1. The summed E-state index contributed by atoms with van der Waals surface area (Å²) in [6.07, 6.45) is 1.51. The molecule has 0 aromatic heterocycles. The quantitative estimate of drug-likeness (QED) is 0.779. The Labute approximate surface area is 119 Å². The summed E-state index contributed by atoms with van der Waals surface area (Å²) >= 11 is 2.24. The van der Waals surface area contributed by atoms with Gasteiger partial charge in [-0.3, -0.25) is 9.79 Å². The molecule has 0 unspecified atom stereocenters. The maximum absolute atomic E-state index is 12.0. The number of rotatable bonds is 1. The molecule has 1 aromatic carbocycles. The van der Waals surface area contributed by atoms with Gasteiger partial charge in [0.2, 0.25) is 0 Å². The van der Waals surface area contributed by atoms with Crippen molar-refractivity contribution in [2.45, 2.75) is 18.5 Å². The molecule has 1 aromatic rings. The number of amides is 1. The van der Waals surface area contributed by atoms with Crippen molar-refractivity contribution in [2.24, 2.45) is 4.99 Å². The molecule has 0 bridgehead atoms. The van der Waals surface area contributed by atoms with Gasteiger partial charge in [0.25, 0.3) is 5.91 Å². The van der Waals surface area contributed by atoms with Crippen LogP contribution in [0.5, 0.6) is 0 Å². The van der Waals surface area contributed by atoms with Gasteiger partial charge >= 0.3 is 0 Å². The largest absolute Gasteiger partial charge is 0.381 e. The Hall–Kier alpha value is -0.950. The number of aliphatic imine (C=N–C) groups is 1. The fourth-order valence-electron chi connectivity index (χ4n) is 2.31. The van der Waals surface area contributed by atoms with Crippen molar-refractivity contribution in [3.05, 3.63) is 33.4 Å². The lowest BCUT2D eigenvalue weighted by Gasteiger charge is -2.30. The summed E-state index contributed by atoms with van der Waals surface area (Å²) in [6.45, 7) is 1.31. The van der Waals surface area contributed by atoms with E-state index in [0.29, 0.717) is 18.9 Å². The molecule has 0 aliphatic carbocycles. The SMILES string of the molecule is O=C1NC2(CCOCC2)N=C1c1ccc(I)cc1. The van der Waals surface area contributed by atoms with Crippen molar-refractivity contribution in [3.63, 3.8) is 0 Å². The molecule has 0 radical (unpaired) electrons. The van der Waals surface area contributed by atoms with Gasteiger partial charge in [0.1, 0.15) is 11.4 Å². The number of benzene rings is 1. The van der Waals surface area contributed by atoms with Crippen LogP contribution in [0.2, 0.25) is 0 Å². The van der Waals surface area contributed by atoms with Crippen LogP contribution in [0.4, 0.5) is 0 Å². The first-order valence-electron chi connectivity index (χ1n) is 5.95. The first kappa shape index (κ1) is 12.1. The van der Waals surface area contributed by atoms with Crippen molar-refractivity contribution in [2.75, 3.05) is 13.2 Å². The minimum Gasteiger partial charge on any atom is -0.381 e. The molecule has 1 amide bonds. The summed E-state index contributed by atoms with van der Waals surface area (Å²) in [5, 5.41) is 3.01. The van der Waals surface area contributed by atoms with Crippen LogP contribution < -0.4 is 5.32 Å². The number of halogens is 1. The summed E-state index contributed by atoms with van der Waals surface area (Å²) in [6, 6.07) is 7.86. The molecular formula is C13H13IN2O2. The highest BCUT2D eigenvalue weighted by Gasteiger charge is 2.40. The van der Waals surface area contributed by atoms with Gasteiger partial charge in [0.15, 0.2) is 0 Å². The number of nitrogens with one attached hydrogen (secondary N) is 1. The predicted molar refractivity (Wildman–Crippen MR) is 76.6 cm³/mol. The Morgan fingerprint density at radius 2 is 1.89 bits per heavy atom. The standard InChI is InChI=1S/C13H13IN2O2/c14-10-3-1-9(2-4-10)11-12(17)16-13(15-11)5-7-18-8-6-13/h1-4H,5-8H2,(H,16,17). The normalized spacial score (nSPS) is 21.8. The van der Waals surface area contributed by atoms with E-state index in [2.05, 4.69) is 32.9 Å². The molecule has 18 heavy (non-hydrogen) atoms. The van der Waals surface area contributed by atoms with Gasteiger partial charge < -0.3 is 10.1 Å². The minimum atomic E-state index is -0.423. The highest BCUT2D eigenvalue weighted by Crippen LogP contribution is 2.27. The second-order valence-corrected chi connectivity index (χ2v) is 5.81. The highest BCUT2D eigenvalue weighted by atomic mass is 127. The Morgan fingerprint density at radius 1 is 1.22 bits per heavy atom. The van der Waals surface area contributed by atoms with Crippen molar-refractivity contribution in [1.82, 2.24) is 5.32 Å². The topological polar surface area (TPSA) is 50.7 Å².